The first-order valence-electron chi connectivity index (χ1n) is 9.84. The van der Waals surface area contributed by atoms with Gasteiger partial charge < -0.3 is 15.5 Å². The maximum Gasteiger partial charge on any atom is 0.234 e. The van der Waals surface area contributed by atoms with Crippen molar-refractivity contribution >= 4 is 45.5 Å². The number of benzene rings is 1. The fraction of sp³-hybridized carbons (Fsp3) is 0.550. The number of piperidine rings is 1. The average molecular weight is 420 g/mol. The zero-order valence-corrected chi connectivity index (χ0v) is 18.4. The van der Waals surface area contributed by atoms with Gasteiger partial charge in [-0.3, -0.25) is 4.79 Å². The van der Waals surface area contributed by atoms with Crippen molar-refractivity contribution in [2.45, 2.75) is 38.0 Å². The normalized spacial score (nSPS) is 15.1. The standard InChI is InChI=1S/C20H29N5OS2/c1-14(2)12-21-19-23-24-20(28-19)27-13-18(26)22-16-4-6-17(7-5-16)25-10-8-15(3)9-11-25/h4-7,14-15H,8-13H2,1-3H3,(H,21,23)(H,22,26). The van der Waals surface area contributed by atoms with Gasteiger partial charge in [0.15, 0.2) is 4.34 Å². The number of thioether (sulfide) groups is 1. The van der Waals surface area contributed by atoms with Crippen LogP contribution in [0.1, 0.15) is 33.6 Å². The summed E-state index contributed by atoms with van der Waals surface area (Å²) in [5.41, 5.74) is 2.06. The zero-order chi connectivity index (χ0) is 19.9. The number of hydrogen-bond donors (Lipinski definition) is 2. The van der Waals surface area contributed by atoms with Crippen molar-refractivity contribution in [3.8, 4) is 0 Å². The molecule has 1 aromatic heterocycles. The molecule has 2 heterocycles. The molecule has 152 valence electrons. The summed E-state index contributed by atoms with van der Waals surface area (Å²) >= 11 is 2.90. The van der Waals surface area contributed by atoms with E-state index in [0.717, 1.165) is 40.7 Å². The van der Waals surface area contributed by atoms with E-state index in [0.29, 0.717) is 11.7 Å². The third kappa shape index (κ3) is 6.38. The molecule has 0 atom stereocenters. The predicted octanol–water partition coefficient (Wildman–Crippen LogP) is 4.57. The lowest BCUT2D eigenvalue weighted by Gasteiger charge is -2.32. The Morgan fingerprint density at radius 3 is 2.64 bits per heavy atom. The van der Waals surface area contributed by atoms with Gasteiger partial charge >= 0.3 is 0 Å². The first-order valence-corrected chi connectivity index (χ1v) is 11.6. The Hall–Kier alpha value is -1.80. The Labute approximate surface area is 175 Å². The fourth-order valence-corrected chi connectivity index (χ4v) is 4.54. The van der Waals surface area contributed by atoms with Crippen LogP contribution in [0.15, 0.2) is 28.6 Å². The van der Waals surface area contributed by atoms with Crippen LogP contribution >= 0.6 is 23.1 Å². The van der Waals surface area contributed by atoms with E-state index in [1.54, 1.807) is 0 Å². The van der Waals surface area contributed by atoms with E-state index in [2.05, 4.69) is 58.6 Å². The largest absolute Gasteiger partial charge is 0.372 e. The third-order valence-electron chi connectivity index (χ3n) is 4.69. The van der Waals surface area contributed by atoms with Crippen molar-refractivity contribution < 1.29 is 4.79 Å². The van der Waals surface area contributed by atoms with Gasteiger partial charge in [-0.05, 0) is 48.9 Å². The average Bonchev–Trinajstić information content (AvgIpc) is 3.14. The second-order valence-corrected chi connectivity index (χ2v) is 9.90. The first-order chi connectivity index (χ1) is 13.5. The minimum Gasteiger partial charge on any atom is -0.372 e. The third-order valence-corrected chi connectivity index (χ3v) is 6.71. The Morgan fingerprint density at radius 1 is 1.25 bits per heavy atom. The van der Waals surface area contributed by atoms with E-state index in [1.165, 1.54) is 41.6 Å². The number of carbonyl (C=O) groups excluding carboxylic acids is 1. The molecule has 2 N–H and O–H groups in total. The highest BCUT2D eigenvalue weighted by Crippen LogP contribution is 2.26. The molecule has 0 spiro atoms. The topological polar surface area (TPSA) is 70.1 Å². The molecule has 3 rings (SSSR count). The van der Waals surface area contributed by atoms with Gasteiger partial charge in [-0.15, -0.1) is 10.2 Å². The molecule has 0 bridgehead atoms. The number of aromatic nitrogens is 2. The highest BCUT2D eigenvalue weighted by atomic mass is 32.2. The van der Waals surface area contributed by atoms with Gasteiger partial charge in [0.2, 0.25) is 11.0 Å². The smallest absolute Gasteiger partial charge is 0.234 e. The summed E-state index contributed by atoms with van der Waals surface area (Å²) in [5, 5.41) is 15.3. The zero-order valence-electron chi connectivity index (χ0n) is 16.8. The Morgan fingerprint density at radius 2 is 1.96 bits per heavy atom. The Kier molecular flexibility index (Phi) is 7.56. The van der Waals surface area contributed by atoms with E-state index in [4.69, 9.17) is 0 Å². The second kappa shape index (κ2) is 10.1. The lowest BCUT2D eigenvalue weighted by Crippen LogP contribution is -2.32. The van der Waals surface area contributed by atoms with E-state index in [-0.39, 0.29) is 5.91 Å². The number of amides is 1. The minimum absolute atomic E-state index is 0.0311. The molecule has 1 aliphatic heterocycles. The van der Waals surface area contributed by atoms with Crippen molar-refractivity contribution in [1.29, 1.82) is 0 Å². The van der Waals surface area contributed by atoms with Crippen LogP contribution in [0, 0.1) is 11.8 Å². The van der Waals surface area contributed by atoms with Crippen LogP contribution in [-0.4, -0.2) is 41.5 Å². The number of anilines is 3. The Bertz CT molecular complexity index is 754. The lowest BCUT2D eigenvalue weighted by molar-refractivity contribution is -0.113. The Balaban J connectivity index is 1.43. The molecule has 1 aromatic carbocycles. The van der Waals surface area contributed by atoms with Crippen molar-refractivity contribution in [3.05, 3.63) is 24.3 Å². The number of carbonyl (C=O) groups is 1. The molecule has 1 aliphatic rings. The number of hydrogen-bond acceptors (Lipinski definition) is 7. The fourth-order valence-electron chi connectivity index (χ4n) is 2.98. The molecule has 1 saturated heterocycles. The van der Waals surface area contributed by atoms with Crippen LogP contribution < -0.4 is 15.5 Å². The summed E-state index contributed by atoms with van der Waals surface area (Å²) in [6.45, 7) is 9.70. The molecular weight excluding hydrogens is 390 g/mol. The van der Waals surface area contributed by atoms with E-state index >= 15 is 0 Å². The number of nitrogens with one attached hydrogen (secondary N) is 2. The van der Waals surface area contributed by atoms with Crippen LogP contribution in [0.2, 0.25) is 0 Å². The van der Waals surface area contributed by atoms with Gasteiger partial charge in [0.25, 0.3) is 0 Å². The van der Waals surface area contributed by atoms with Crippen LogP contribution in [0.25, 0.3) is 0 Å². The minimum atomic E-state index is -0.0311. The van der Waals surface area contributed by atoms with Crippen LogP contribution in [0.5, 0.6) is 0 Å². The van der Waals surface area contributed by atoms with Gasteiger partial charge in [-0.1, -0.05) is 43.9 Å². The molecule has 6 nitrogen and oxygen atoms in total. The van der Waals surface area contributed by atoms with Crippen LogP contribution in [-0.2, 0) is 4.79 Å². The van der Waals surface area contributed by atoms with Crippen LogP contribution in [0.3, 0.4) is 0 Å². The molecule has 0 saturated carbocycles. The monoisotopic (exact) mass is 419 g/mol. The molecular formula is C20H29N5OS2. The summed E-state index contributed by atoms with van der Waals surface area (Å²) < 4.78 is 0.802. The van der Waals surface area contributed by atoms with Gasteiger partial charge in [0.1, 0.15) is 0 Å². The molecule has 8 heteroatoms. The van der Waals surface area contributed by atoms with Gasteiger partial charge in [-0.2, -0.15) is 0 Å². The lowest BCUT2D eigenvalue weighted by atomic mass is 9.99. The summed E-state index contributed by atoms with van der Waals surface area (Å²) in [6, 6.07) is 8.15. The van der Waals surface area contributed by atoms with Gasteiger partial charge in [0, 0.05) is 31.0 Å². The SMILES string of the molecule is CC(C)CNc1nnc(SCC(=O)Nc2ccc(N3CCC(C)CC3)cc2)s1. The summed E-state index contributed by atoms with van der Waals surface area (Å²) in [6.07, 6.45) is 2.49. The molecule has 2 aromatic rings. The molecule has 1 amide bonds. The molecule has 0 radical (unpaired) electrons. The quantitative estimate of drug-likeness (QED) is 0.611. The van der Waals surface area contributed by atoms with Crippen molar-refractivity contribution in [2.75, 3.05) is 40.9 Å². The second-order valence-electron chi connectivity index (χ2n) is 7.70. The molecule has 0 aliphatic carbocycles. The summed E-state index contributed by atoms with van der Waals surface area (Å²) in [4.78, 5) is 14.6. The maximum absolute atomic E-state index is 12.2. The summed E-state index contributed by atoms with van der Waals surface area (Å²) in [7, 11) is 0. The van der Waals surface area contributed by atoms with E-state index in [1.807, 2.05) is 12.1 Å². The van der Waals surface area contributed by atoms with Gasteiger partial charge in [-0.25, -0.2) is 0 Å². The number of rotatable bonds is 8. The van der Waals surface area contributed by atoms with Crippen LogP contribution in [0.4, 0.5) is 16.5 Å². The van der Waals surface area contributed by atoms with E-state index < -0.39 is 0 Å². The maximum atomic E-state index is 12.2. The molecule has 28 heavy (non-hydrogen) atoms. The predicted molar refractivity (Wildman–Crippen MR) is 120 cm³/mol. The highest BCUT2D eigenvalue weighted by Gasteiger charge is 2.16. The molecule has 0 unspecified atom stereocenters. The highest BCUT2D eigenvalue weighted by molar-refractivity contribution is 8.01. The van der Waals surface area contributed by atoms with Gasteiger partial charge in [0.05, 0.1) is 5.75 Å². The first kappa shape index (κ1) is 20.9. The van der Waals surface area contributed by atoms with Crippen molar-refractivity contribution in [1.82, 2.24) is 10.2 Å². The number of nitrogens with zero attached hydrogens (tertiary/aromatic N) is 3. The van der Waals surface area contributed by atoms with Crippen molar-refractivity contribution in [3.63, 3.8) is 0 Å². The summed E-state index contributed by atoms with van der Waals surface area (Å²) in [5.74, 6) is 1.67. The van der Waals surface area contributed by atoms with E-state index in [9.17, 15) is 4.79 Å². The molecule has 1 fully saturated rings. The van der Waals surface area contributed by atoms with Crippen molar-refractivity contribution in [2.24, 2.45) is 11.8 Å².